The van der Waals surface area contributed by atoms with E-state index in [-0.39, 0.29) is 16.3 Å². The first-order chi connectivity index (χ1) is 12.1. The Kier molecular flexibility index (Phi) is 13.3. The third kappa shape index (κ3) is 12.5. The van der Waals surface area contributed by atoms with Gasteiger partial charge in [-0.2, -0.15) is 11.8 Å². The van der Waals surface area contributed by atoms with E-state index in [4.69, 9.17) is 4.74 Å². The van der Waals surface area contributed by atoms with Crippen molar-refractivity contribution in [1.29, 1.82) is 0 Å². The lowest BCUT2D eigenvalue weighted by atomic mass is 10.2. The summed E-state index contributed by atoms with van der Waals surface area (Å²) in [6, 6.07) is 10.1. The van der Waals surface area contributed by atoms with Crippen LogP contribution in [0.5, 0.6) is 0 Å². The first-order valence-corrected chi connectivity index (χ1v) is 11.9. The molecule has 1 aromatic carbocycles. The SMILES string of the molecule is CSCC(CSC(=O)SCCCCCC(C)=O)OCc1ccccc1. The van der Waals surface area contributed by atoms with Crippen LogP contribution in [0.4, 0.5) is 4.79 Å². The third-order valence-electron chi connectivity index (χ3n) is 3.46. The summed E-state index contributed by atoms with van der Waals surface area (Å²) in [5.74, 6) is 2.67. The van der Waals surface area contributed by atoms with Crippen molar-refractivity contribution in [2.24, 2.45) is 0 Å². The van der Waals surface area contributed by atoms with E-state index in [1.165, 1.54) is 23.5 Å². The molecule has 0 saturated heterocycles. The van der Waals surface area contributed by atoms with Gasteiger partial charge in [0.2, 0.25) is 4.45 Å². The minimum atomic E-state index is 0.0836. The number of hydrogen-bond donors (Lipinski definition) is 0. The second kappa shape index (κ2) is 14.7. The molecule has 1 rings (SSSR count). The van der Waals surface area contributed by atoms with Crippen molar-refractivity contribution >= 4 is 45.5 Å². The molecule has 0 aliphatic rings. The molecule has 0 aromatic heterocycles. The summed E-state index contributed by atoms with van der Waals surface area (Å²) in [5.41, 5.74) is 1.16. The molecule has 0 aliphatic heterocycles. The highest BCUT2D eigenvalue weighted by Crippen LogP contribution is 2.21. The summed E-state index contributed by atoms with van der Waals surface area (Å²) in [7, 11) is 0. The zero-order valence-corrected chi connectivity index (χ0v) is 17.5. The number of ketones is 1. The number of unbranched alkanes of at least 4 members (excludes halogenated alkanes) is 2. The van der Waals surface area contributed by atoms with Gasteiger partial charge in [0.15, 0.2) is 0 Å². The molecule has 0 heterocycles. The van der Waals surface area contributed by atoms with Gasteiger partial charge in [-0.3, -0.25) is 4.79 Å². The molecule has 0 fully saturated rings. The normalized spacial score (nSPS) is 12.1. The molecule has 0 aliphatic carbocycles. The number of carbonyl (C=O) groups excluding carboxylic acids is 2. The summed E-state index contributed by atoms with van der Waals surface area (Å²) in [5, 5.41) is 0. The largest absolute Gasteiger partial charge is 0.372 e. The molecule has 0 bridgehead atoms. The fourth-order valence-corrected chi connectivity index (χ4v) is 4.70. The van der Waals surface area contributed by atoms with Crippen molar-refractivity contribution in [3.63, 3.8) is 0 Å². The van der Waals surface area contributed by atoms with E-state index in [0.717, 1.165) is 36.3 Å². The zero-order valence-electron chi connectivity index (χ0n) is 15.1. The highest BCUT2D eigenvalue weighted by Gasteiger charge is 2.13. The molecule has 140 valence electrons. The zero-order chi connectivity index (χ0) is 18.3. The second-order valence-corrected chi connectivity index (χ2v) is 9.03. The van der Waals surface area contributed by atoms with E-state index in [9.17, 15) is 9.59 Å². The molecule has 1 atom stereocenters. The van der Waals surface area contributed by atoms with Crippen LogP contribution in [0.15, 0.2) is 30.3 Å². The molecule has 1 aromatic rings. The van der Waals surface area contributed by atoms with Crippen LogP contribution < -0.4 is 0 Å². The van der Waals surface area contributed by atoms with Gasteiger partial charge < -0.3 is 9.53 Å². The van der Waals surface area contributed by atoms with E-state index < -0.39 is 0 Å². The Morgan fingerprint density at radius 1 is 1.04 bits per heavy atom. The van der Waals surface area contributed by atoms with Crippen LogP contribution in [0.25, 0.3) is 0 Å². The van der Waals surface area contributed by atoms with Crippen molar-refractivity contribution in [3.05, 3.63) is 35.9 Å². The number of ether oxygens (including phenoxy) is 1. The Hall–Kier alpha value is -0.430. The van der Waals surface area contributed by atoms with Crippen molar-refractivity contribution in [1.82, 2.24) is 0 Å². The third-order valence-corrected chi connectivity index (χ3v) is 6.38. The number of benzene rings is 1. The summed E-state index contributed by atoms with van der Waals surface area (Å²) >= 11 is 4.49. The lowest BCUT2D eigenvalue weighted by Crippen LogP contribution is -2.19. The maximum Gasteiger partial charge on any atom is 0.246 e. The quantitative estimate of drug-likeness (QED) is 0.397. The number of thioether (sulfide) groups is 3. The maximum atomic E-state index is 12.0. The van der Waals surface area contributed by atoms with Crippen LogP contribution in [-0.4, -0.2) is 39.8 Å². The van der Waals surface area contributed by atoms with E-state index in [2.05, 4.69) is 18.4 Å². The van der Waals surface area contributed by atoms with Crippen molar-refractivity contribution in [2.75, 3.05) is 23.5 Å². The van der Waals surface area contributed by atoms with Crippen LogP contribution in [0, 0.1) is 0 Å². The number of carbonyl (C=O) groups is 2. The molecular weight excluding hydrogens is 372 g/mol. The first-order valence-electron chi connectivity index (χ1n) is 8.55. The van der Waals surface area contributed by atoms with E-state index in [1.807, 2.05) is 18.2 Å². The molecule has 3 nitrogen and oxygen atoms in total. The average Bonchev–Trinajstić information content (AvgIpc) is 2.61. The first kappa shape index (κ1) is 22.6. The number of hydrogen-bond acceptors (Lipinski definition) is 6. The molecule has 25 heavy (non-hydrogen) atoms. The fourth-order valence-electron chi connectivity index (χ4n) is 2.13. The topological polar surface area (TPSA) is 43.4 Å². The van der Waals surface area contributed by atoms with E-state index in [0.29, 0.717) is 18.8 Å². The highest BCUT2D eigenvalue weighted by atomic mass is 32.2. The maximum absolute atomic E-state index is 12.0. The standard InChI is InChI=1S/C19H28O3S3/c1-16(20)9-5-4-8-12-24-19(21)25-15-18(14-23-2)22-13-17-10-6-3-7-11-17/h3,6-7,10-11,18H,4-5,8-9,12-15H2,1-2H3. The van der Waals surface area contributed by atoms with Crippen LogP contribution in [0.2, 0.25) is 0 Å². The van der Waals surface area contributed by atoms with Gasteiger partial charge in [-0.05, 0) is 31.6 Å². The molecular formula is C19H28O3S3. The van der Waals surface area contributed by atoms with Crippen LogP contribution in [0.1, 0.15) is 38.2 Å². The summed E-state index contributed by atoms with van der Waals surface area (Å²) in [6.07, 6.45) is 5.73. The smallest absolute Gasteiger partial charge is 0.246 e. The summed E-state index contributed by atoms with van der Waals surface area (Å²) in [6.45, 7) is 2.21. The summed E-state index contributed by atoms with van der Waals surface area (Å²) < 4.78 is 6.13. The van der Waals surface area contributed by atoms with Crippen LogP contribution >= 0.6 is 35.3 Å². The monoisotopic (exact) mass is 400 g/mol. The van der Waals surface area contributed by atoms with Gasteiger partial charge in [0.25, 0.3) is 0 Å². The van der Waals surface area contributed by atoms with E-state index >= 15 is 0 Å². The van der Waals surface area contributed by atoms with Gasteiger partial charge in [-0.1, -0.05) is 60.3 Å². The fraction of sp³-hybridized carbons (Fsp3) is 0.579. The van der Waals surface area contributed by atoms with Crippen LogP contribution in [0.3, 0.4) is 0 Å². The number of Topliss-reactive ketones (excluding diaryl/α,β-unsaturated/α-hetero) is 1. The Morgan fingerprint density at radius 2 is 1.80 bits per heavy atom. The van der Waals surface area contributed by atoms with Gasteiger partial charge >= 0.3 is 0 Å². The molecule has 0 amide bonds. The Morgan fingerprint density at radius 3 is 2.48 bits per heavy atom. The highest BCUT2D eigenvalue weighted by molar-refractivity contribution is 8.38. The molecule has 6 heteroatoms. The van der Waals surface area contributed by atoms with E-state index in [1.54, 1.807) is 18.7 Å². The number of rotatable bonds is 13. The predicted octanol–water partition coefficient (Wildman–Crippen LogP) is 5.67. The van der Waals surface area contributed by atoms with Gasteiger partial charge in [-0.15, -0.1) is 0 Å². The molecule has 0 radical (unpaired) electrons. The van der Waals surface area contributed by atoms with Crippen LogP contribution in [-0.2, 0) is 16.1 Å². The minimum Gasteiger partial charge on any atom is -0.372 e. The van der Waals surface area contributed by atoms with Crippen molar-refractivity contribution < 1.29 is 14.3 Å². The predicted molar refractivity (Wildman–Crippen MR) is 113 cm³/mol. The Balaban J connectivity index is 2.15. The Bertz CT molecular complexity index is 494. The lowest BCUT2D eigenvalue weighted by molar-refractivity contribution is -0.117. The minimum absolute atomic E-state index is 0.0836. The second-order valence-electron chi connectivity index (χ2n) is 5.80. The van der Waals surface area contributed by atoms with Crippen molar-refractivity contribution in [2.45, 2.75) is 45.3 Å². The molecule has 1 unspecified atom stereocenters. The average molecular weight is 401 g/mol. The van der Waals surface area contributed by atoms with Gasteiger partial charge in [0.05, 0.1) is 12.7 Å². The molecule has 0 saturated carbocycles. The van der Waals surface area contributed by atoms with Crippen molar-refractivity contribution in [3.8, 4) is 0 Å². The molecule has 0 N–H and O–H groups in total. The van der Waals surface area contributed by atoms with Gasteiger partial charge in [-0.25, -0.2) is 0 Å². The molecule has 0 spiro atoms. The van der Waals surface area contributed by atoms with Gasteiger partial charge in [0, 0.05) is 23.7 Å². The summed E-state index contributed by atoms with van der Waals surface area (Å²) in [4.78, 5) is 22.8. The van der Waals surface area contributed by atoms with Gasteiger partial charge in [0.1, 0.15) is 5.78 Å². The lowest BCUT2D eigenvalue weighted by Gasteiger charge is -2.16. The Labute approximate surface area is 164 Å².